The zero-order valence-corrected chi connectivity index (χ0v) is 15.0. The molecule has 1 aromatic carbocycles. The first-order chi connectivity index (χ1) is 12.4. The number of carbonyl (C=O) groups is 1. The molecule has 0 aliphatic heterocycles. The number of hydrogen-bond donors (Lipinski definition) is 0. The Kier molecular flexibility index (Phi) is 4.75. The van der Waals surface area contributed by atoms with Crippen molar-refractivity contribution in [2.45, 2.75) is 19.8 Å². The van der Waals surface area contributed by atoms with Crippen molar-refractivity contribution >= 4 is 18.2 Å². The molecule has 3 aromatic rings. The fraction of sp³-hybridized carbons (Fsp3) is 0.278. The average Bonchev–Trinajstić information content (AvgIpc) is 3.06. The van der Waals surface area contributed by atoms with Crippen LogP contribution in [-0.4, -0.2) is 38.1 Å². The van der Waals surface area contributed by atoms with Crippen molar-refractivity contribution in [1.29, 1.82) is 0 Å². The van der Waals surface area contributed by atoms with Gasteiger partial charge in [0.2, 0.25) is 11.9 Å². The van der Waals surface area contributed by atoms with Gasteiger partial charge in [-0.3, -0.25) is 9.69 Å². The van der Waals surface area contributed by atoms with Crippen molar-refractivity contribution < 1.29 is 9.18 Å². The summed E-state index contributed by atoms with van der Waals surface area (Å²) in [6.07, 6.45) is 2.19. The lowest BCUT2D eigenvalue weighted by Gasteiger charge is -2.20. The van der Waals surface area contributed by atoms with Gasteiger partial charge in [-0.1, -0.05) is 13.8 Å². The summed E-state index contributed by atoms with van der Waals surface area (Å²) in [5, 5.41) is 4.06. The summed E-state index contributed by atoms with van der Waals surface area (Å²) < 4.78 is 14.9. The first-order valence-corrected chi connectivity index (χ1v) is 8.13. The first-order valence-electron chi connectivity index (χ1n) is 8.13. The number of nitrogens with zero attached hydrogens (tertiary/aromatic N) is 6. The Hall–Kier alpha value is -3.16. The Morgan fingerprint density at radius 1 is 1.19 bits per heavy atom. The molecule has 7 nitrogen and oxygen atoms in total. The molecule has 0 spiro atoms. The molecule has 0 atom stereocenters. The molecule has 26 heavy (non-hydrogen) atoms. The number of carbonyl (C=O) groups excluding carboxylic acids is 1. The molecule has 0 saturated carbocycles. The van der Waals surface area contributed by atoms with Crippen molar-refractivity contribution in [3.05, 3.63) is 47.7 Å². The summed E-state index contributed by atoms with van der Waals surface area (Å²) in [4.78, 5) is 26.8. The predicted molar refractivity (Wildman–Crippen MR) is 96.0 cm³/mol. The van der Waals surface area contributed by atoms with Gasteiger partial charge in [0.15, 0.2) is 6.29 Å². The van der Waals surface area contributed by atoms with Crippen LogP contribution >= 0.6 is 0 Å². The summed E-state index contributed by atoms with van der Waals surface area (Å²) in [6, 6.07) is 5.88. The van der Waals surface area contributed by atoms with Gasteiger partial charge in [-0.25, -0.2) is 19.0 Å². The normalized spacial score (nSPS) is 11.0. The third-order valence-electron chi connectivity index (χ3n) is 4.03. The number of rotatable bonds is 5. The lowest BCUT2D eigenvalue weighted by molar-refractivity contribution is 0.112. The van der Waals surface area contributed by atoms with E-state index in [-0.39, 0.29) is 11.7 Å². The van der Waals surface area contributed by atoms with Gasteiger partial charge < -0.3 is 0 Å². The van der Waals surface area contributed by atoms with E-state index >= 15 is 0 Å². The van der Waals surface area contributed by atoms with Crippen LogP contribution in [0.2, 0.25) is 0 Å². The van der Waals surface area contributed by atoms with Gasteiger partial charge in [-0.05, 0) is 30.2 Å². The van der Waals surface area contributed by atoms with Gasteiger partial charge in [0.25, 0.3) is 0 Å². The van der Waals surface area contributed by atoms with Crippen LogP contribution in [0.3, 0.4) is 0 Å². The van der Waals surface area contributed by atoms with Gasteiger partial charge in [-0.2, -0.15) is 10.1 Å². The Morgan fingerprint density at radius 2 is 1.88 bits per heavy atom. The van der Waals surface area contributed by atoms with Crippen LogP contribution in [0.15, 0.2) is 30.6 Å². The summed E-state index contributed by atoms with van der Waals surface area (Å²) in [5.74, 6) is 0.596. The highest BCUT2D eigenvalue weighted by Crippen LogP contribution is 2.30. The number of hydrogen-bond acceptors (Lipinski definition) is 6. The van der Waals surface area contributed by atoms with E-state index in [0.717, 1.165) is 6.29 Å². The number of benzene rings is 1. The molecule has 8 heteroatoms. The minimum atomic E-state index is -0.351. The smallest absolute Gasteiger partial charge is 0.232 e. The molecule has 0 unspecified atom stereocenters. The van der Waals surface area contributed by atoms with Crippen LogP contribution in [0.5, 0.6) is 0 Å². The van der Waals surface area contributed by atoms with Crippen LogP contribution in [-0.2, 0) is 7.05 Å². The fourth-order valence-corrected chi connectivity index (χ4v) is 2.69. The molecule has 3 rings (SSSR count). The maximum absolute atomic E-state index is 13.3. The topological polar surface area (TPSA) is 76.8 Å². The third-order valence-corrected chi connectivity index (χ3v) is 4.03. The molecule has 2 aromatic heterocycles. The highest BCUT2D eigenvalue weighted by Gasteiger charge is 2.21. The van der Waals surface area contributed by atoms with E-state index in [0.29, 0.717) is 34.4 Å². The largest absolute Gasteiger partial charge is 0.298 e. The van der Waals surface area contributed by atoms with Gasteiger partial charge in [-0.15, -0.1) is 0 Å². The number of aryl methyl sites for hydroxylation is 1. The van der Waals surface area contributed by atoms with E-state index in [1.165, 1.54) is 18.5 Å². The minimum Gasteiger partial charge on any atom is -0.298 e. The summed E-state index contributed by atoms with van der Waals surface area (Å²) in [5.41, 5.74) is 2.13. The third kappa shape index (κ3) is 3.17. The fourth-order valence-electron chi connectivity index (χ4n) is 2.69. The Morgan fingerprint density at radius 3 is 2.42 bits per heavy atom. The molecule has 0 amide bonds. The highest BCUT2D eigenvalue weighted by molar-refractivity contribution is 5.87. The molecule has 0 N–H and O–H groups in total. The van der Waals surface area contributed by atoms with Crippen molar-refractivity contribution in [3.63, 3.8) is 0 Å². The van der Waals surface area contributed by atoms with Crippen LogP contribution in [0.4, 0.5) is 16.3 Å². The SMILES string of the molecule is CC(C)c1nc(N(C)c2ncnn2C)nc(-c2ccc(F)cc2)c1C=O. The minimum absolute atomic E-state index is 0.00375. The molecule has 0 saturated heterocycles. The molecular formula is C18H19FN6O. The lowest BCUT2D eigenvalue weighted by Crippen LogP contribution is -2.20. The average molecular weight is 354 g/mol. The van der Waals surface area contributed by atoms with Crippen molar-refractivity contribution in [2.75, 3.05) is 11.9 Å². The highest BCUT2D eigenvalue weighted by atomic mass is 19.1. The number of halogens is 1. The van der Waals surface area contributed by atoms with Gasteiger partial charge >= 0.3 is 0 Å². The zero-order valence-electron chi connectivity index (χ0n) is 15.0. The molecule has 0 radical (unpaired) electrons. The van der Waals surface area contributed by atoms with Gasteiger partial charge in [0.05, 0.1) is 17.0 Å². The Balaban J connectivity index is 2.22. The summed E-state index contributed by atoms with van der Waals surface area (Å²) in [7, 11) is 3.54. The maximum atomic E-state index is 13.3. The molecule has 0 bridgehead atoms. The summed E-state index contributed by atoms with van der Waals surface area (Å²) >= 11 is 0. The van der Waals surface area contributed by atoms with E-state index in [4.69, 9.17) is 0 Å². The molecule has 0 aliphatic carbocycles. The van der Waals surface area contributed by atoms with Crippen LogP contribution in [0, 0.1) is 5.82 Å². The number of aldehydes is 1. The van der Waals surface area contributed by atoms with Crippen molar-refractivity contribution in [3.8, 4) is 11.3 Å². The van der Waals surface area contributed by atoms with E-state index in [2.05, 4.69) is 20.1 Å². The number of anilines is 2. The van der Waals surface area contributed by atoms with E-state index in [1.54, 1.807) is 35.8 Å². The van der Waals surface area contributed by atoms with Gasteiger partial charge in [0, 0.05) is 19.7 Å². The zero-order chi connectivity index (χ0) is 18.8. The second-order valence-corrected chi connectivity index (χ2v) is 6.19. The first kappa shape index (κ1) is 17.7. The quantitative estimate of drug-likeness (QED) is 0.655. The van der Waals surface area contributed by atoms with E-state index in [9.17, 15) is 9.18 Å². The molecule has 0 fully saturated rings. The Labute approximate surface area is 150 Å². The monoisotopic (exact) mass is 354 g/mol. The maximum Gasteiger partial charge on any atom is 0.232 e. The number of aromatic nitrogens is 5. The second kappa shape index (κ2) is 6.99. The molecule has 134 valence electrons. The summed E-state index contributed by atoms with van der Waals surface area (Å²) in [6.45, 7) is 3.91. The van der Waals surface area contributed by atoms with Crippen molar-refractivity contribution in [2.24, 2.45) is 7.05 Å². The van der Waals surface area contributed by atoms with E-state index in [1.807, 2.05) is 13.8 Å². The predicted octanol–water partition coefficient (Wildman–Crippen LogP) is 3.12. The van der Waals surface area contributed by atoms with E-state index < -0.39 is 0 Å². The molecule has 0 aliphatic rings. The van der Waals surface area contributed by atoms with Crippen molar-refractivity contribution in [1.82, 2.24) is 24.7 Å². The molecule has 2 heterocycles. The molecular weight excluding hydrogens is 335 g/mol. The standard InChI is InChI=1S/C18H19FN6O/c1-11(2)15-14(9-26)16(12-5-7-13(19)8-6-12)23-17(22-15)24(3)18-20-10-21-25(18)4/h5-11H,1-4H3. The lowest BCUT2D eigenvalue weighted by atomic mass is 9.99. The second-order valence-electron chi connectivity index (χ2n) is 6.19. The van der Waals surface area contributed by atoms with Crippen LogP contribution in [0.1, 0.15) is 35.8 Å². The van der Waals surface area contributed by atoms with Crippen LogP contribution in [0.25, 0.3) is 11.3 Å². The van der Waals surface area contributed by atoms with Crippen LogP contribution < -0.4 is 4.90 Å². The van der Waals surface area contributed by atoms with Gasteiger partial charge in [0.1, 0.15) is 12.1 Å². The Bertz CT molecular complexity index is 935.